The topological polar surface area (TPSA) is 104 Å². The number of hydrogen-bond acceptors (Lipinski definition) is 5. The molecule has 0 heterocycles. The third-order valence-electron chi connectivity index (χ3n) is 1.57. The zero-order valence-electron chi connectivity index (χ0n) is 9.92. The predicted octanol–water partition coefficient (Wildman–Crippen LogP) is 0.106. The van der Waals surface area contributed by atoms with E-state index in [1.807, 2.05) is 0 Å². The molecule has 0 aliphatic carbocycles. The number of aliphatic hydroxyl groups is 2. The Hall–Kier alpha value is -1.66. The molecule has 0 aliphatic rings. The third kappa shape index (κ3) is 12.3. The molecule has 0 amide bonds. The first-order valence-electron chi connectivity index (χ1n) is 4.83. The predicted molar refractivity (Wildman–Crippen MR) is 61.3 cm³/mol. The van der Waals surface area contributed by atoms with Crippen LogP contribution in [0.1, 0.15) is 13.8 Å². The summed E-state index contributed by atoms with van der Waals surface area (Å²) in [5.41, 5.74) is 0.389. The second-order valence-electron chi connectivity index (χ2n) is 2.95. The summed E-state index contributed by atoms with van der Waals surface area (Å²) in [6, 6.07) is 0. The maximum atomic E-state index is 10.3. The Morgan fingerprint density at radius 2 is 2.00 bits per heavy atom. The molecule has 0 aromatic rings. The average molecular weight is 246 g/mol. The van der Waals surface area contributed by atoms with E-state index in [1.165, 1.54) is 0 Å². The van der Waals surface area contributed by atoms with Crippen molar-refractivity contribution in [3.05, 3.63) is 24.3 Å². The molecule has 0 aromatic heterocycles. The van der Waals surface area contributed by atoms with E-state index in [9.17, 15) is 9.59 Å². The van der Waals surface area contributed by atoms with Gasteiger partial charge in [-0.15, -0.1) is 0 Å². The number of carbonyl (C=O) groups is 2. The Bertz CT molecular complexity index is 282. The van der Waals surface area contributed by atoms with Crippen molar-refractivity contribution in [1.29, 1.82) is 0 Å². The number of aliphatic hydroxyl groups excluding tert-OH is 2. The highest BCUT2D eigenvalue weighted by Gasteiger charge is 2.03. The molecule has 0 rings (SSSR count). The van der Waals surface area contributed by atoms with E-state index in [-0.39, 0.29) is 6.61 Å². The monoisotopic (exact) mass is 246 g/mol. The molecule has 1 unspecified atom stereocenters. The van der Waals surface area contributed by atoms with Crippen molar-refractivity contribution in [3.63, 3.8) is 0 Å². The van der Waals surface area contributed by atoms with Gasteiger partial charge in [0.25, 0.3) is 0 Å². The summed E-state index contributed by atoms with van der Waals surface area (Å²) >= 11 is 0. The fraction of sp³-hybridized carbons (Fsp3) is 0.455. The highest BCUT2D eigenvalue weighted by molar-refractivity contribution is 5.85. The van der Waals surface area contributed by atoms with Crippen LogP contribution in [0.5, 0.6) is 0 Å². The molecule has 0 spiro atoms. The minimum atomic E-state index is -0.996. The Labute approximate surface area is 99.8 Å². The van der Waals surface area contributed by atoms with E-state index in [1.54, 1.807) is 19.9 Å². The Morgan fingerprint density at radius 3 is 2.24 bits per heavy atom. The van der Waals surface area contributed by atoms with Gasteiger partial charge in [-0.3, -0.25) is 0 Å². The number of aliphatic carboxylic acids is 1. The van der Waals surface area contributed by atoms with Crippen molar-refractivity contribution < 1.29 is 29.6 Å². The highest BCUT2D eigenvalue weighted by Crippen LogP contribution is 1.87. The molecule has 0 radical (unpaired) electrons. The van der Waals surface area contributed by atoms with Crippen LogP contribution in [-0.4, -0.2) is 46.6 Å². The van der Waals surface area contributed by atoms with Crippen LogP contribution in [0.2, 0.25) is 0 Å². The maximum Gasteiger partial charge on any atom is 0.330 e. The zero-order chi connectivity index (χ0) is 13.8. The van der Waals surface area contributed by atoms with Crippen molar-refractivity contribution in [2.24, 2.45) is 0 Å². The Morgan fingerprint density at radius 1 is 1.47 bits per heavy atom. The lowest BCUT2D eigenvalue weighted by molar-refractivity contribution is -0.141. The Kier molecular flexibility index (Phi) is 11.3. The molecule has 0 bridgehead atoms. The van der Waals surface area contributed by atoms with Gasteiger partial charge >= 0.3 is 11.9 Å². The van der Waals surface area contributed by atoms with Gasteiger partial charge in [0.1, 0.15) is 12.7 Å². The molecule has 1 atom stereocenters. The highest BCUT2D eigenvalue weighted by atomic mass is 16.5. The molecule has 3 N–H and O–H groups in total. The van der Waals surface area contributed by atoms with Gasteiger partial charge in [0.05, 0.1) is 6.61 Å². The van der Waals surface area contributed by atoms with Crippen LogP contribution in [0.15, 0.2) is 24.3 Å². The van der Waals surface area contributed by atoms with Crippen molar-refractivity contribution in [2.75, 3.05) is 13.2 Å². The SMILES string of the molecule is C=CC(=O)OCC(O)CO.CC=C(C)C(=O)O. The zero-order valence-corrected chi connectivity index (χ0v) is 9.92. The fourth-order valence-electron chi connectivity index (χ4n) is 0.413. The van der Waals surface area contributed by atoms with Crippen molar-refractivity contribution in [3.8, 4) is 0 Å². The second kappa shape index (κ2) is 10.8. The molecule has 17 heavy (non-hydrogen) atoms. The van der Waals surface area contributed by atoms with Crippen LogP contribution >= 0.6 is 0 Å². The number of ether oxygens (including phenoxy) is 1. The van der Waals surface area contributed by atoms with E-state index in [0.29, 0.717) is 5.57 Å². The van der Waals surface area contributed by atoms with E-state index >= 15 is 0 Å². The van der Waals surface area contributed by atoms with Gasteiger partial charge in [0.2, 0.25) is 0 Å². The van der Waals surface area contributed by atoms with Gasteiger partial charge in [0, 0.05) is 11.6 Å². The average Bonchev–Trinajstić information content (AvgIpc) is 2.34. The number of allylic oxidation sites excluding steroid dienone is 1. The van der Waals surface area contributed by atoms with Crippen LogP contribution in [0.3, 0.4) is 0 Å². The molecular weight excluding hydrogens is 228 g/mol. The van der Waals surface area contributed by atoms with Gasteiger partial charge in [-0.2, -0.15) is 0 Å². The number of rotatable bonds is 5. The van der Waals surface area contributed by atoms with Crippen LogP contribution in [0, 0.1) is 0 Å². The Balaban J connectivity index is 0. The number of carboxylic acids is 1. The summed E-state index contributed by atoms with van der Waals surface area (Å²) < 4.78 is 4.38. The summed E-state index contributed by atoms with van der Waals surface area (Å²) in [5.74, 6) is -1.45. The summed E-state index contributed by atoms with van der Waals surface area (Å²) in [5, 5.41) is 25.0. The van der Waals surface area contributed by atoms with Crippen molar-refractivity contribution in [2.45, 2.75) is 20.0 Å². The summed E-state index contributed by atoms with van der Waals surface area (Å²) in [7, 11) is 0. The van der Waals surface area contributed by atoms with Crippen LogP contribution in [0.4, 0.5) is 0 Å². The van der Waals surface area contributed by atoms with Gasteiger partial charge in [-0.1, -0.05) is 12.7 Å². The first-order chi connectivity index (χ1) is 7.88. The fourth-order valence-corrected chi connectivity index (χ4v) is 0.413. The molecule has 0 saturated carbocycles. The number of carbonyl (C=O) groups excluding carboxylic acids is 1. The van der Waals surface area contributed by atoms with E-state index in [0.717, 1.165) is 6.08 Å². The van der Waals surface area contributed by atoms with E-state index in [4.69, 9.17) is 15.3 Å². The molecule has 6 heteroatoms. The van der Waals surface area contributed by atoms with Crippen molar-refractivity contribution in [1.82, 2.24) is 0 Å². The summed E-state index contributed by atoms with van der Waals surface area (Å²) in [6.07, 6.45) is 1.55. The lowest BCUT2D eigenvalue weighted by Gasteiger charge is -2.05. The van der Waals surface area contributed by atoms with Gasteiger partial charge in [-0.25, -0.2) is 9.59 Å². The van der Waals surface area contributed by atoms with Crippen LogP contribution in [-0.2, 0) is 14.3 Å². The second-order valence-corrected chi connectivity index (χ2v) is 2.95. The quantitative estimate of drug-likeness (QED) is 0.469. The van der Waals surface area contributed by atoms with Gasteiger partial charge < -0.3 is 20.1 Å². The number of esters is 1. The number of hydrogen-bond donors (Lipinski definition) is 3. The summed E-state index contributed by atoms with van der Waals surface area (Å²) in [6.45, 7) is 5.80. The van der Waals surface area contributed by atoms with E-state index < -0.39 is 24.6 Å². The normalized spacial score (nSPS) is 11.9. The molecule has 98 valence electrons. The molecule has 0 fully saturated rings. The van der Waals surface area contributed by atoms with Gasteiger partial charge in [0.15, 0.2) is 0 Å². The van der Waals surface area contributed by atoms with Gasteiger partial charge in [-0.05, 0) is 13.8 Å². The number of carboxylic acid groups (broad SMARTS) is 1. The maximum absolute atomic E-state index is 10.3. The minimum Gasteiger partial charge on any atom is -0.478 e. The molecule has 0 saturated heterocycles. The first kappa shape index (κ1) is 17.7. The van der Waals surface area contributed by atoms with Crippen molar-refractivity contribution >= 4 is 11.9 Å². The molecular formula is C11H18O6. The lowest BCUT2D eigenvalue weighted by atomic mass is 10.3. The molecule has 6 nitrogen and oxygen atoms in total. The lowest BCUT2D eigenvalue weighted by Crippen LogP contribution is -2.21. The standard InChI is InChI=1S/C6H10O4.C5H8O2/c1-2-6(9)10-4-5(8)3-7;1-3-4(2)5(6)7/h2,5,7-8H,1,3-4H2;3H,1-2H3,(H,6,7). The van der Waals surface area contributed by atoms with Crippen LogP contribution < -0.4 is 0 Å². The molecule has 0 aliphatic heterocycles. The third-order valence-corrected chi connectivity index (χ3v) is 1.57. The minimum absolute atomic E-state index is 0.193. The summed E-state index contributed by atoms with van der Waals surface area (Å²) in [4.78, 5) is 20.2. The first-order valence-corrected chi connectivity index (χ1v) is 4.83. The van der Waals surface area contributed by atoms with Crippen LogP contribution in [0.25, 0.3) is 0 Å². The van der Waals surface area contributed by atoms with E-state index in [2.05, 4.69) is 11.3 Å². The smallest absolute Gasteiger partial charge is 0.330 e. The molecule has 0 aromatic carbocycles. The largest absolute Gasteiger partial charge is 0.478 e.